The number of hydrogen-bond donors (Lipinski definition) is 2. The Balaban J connectivity index is 1.06. The number of aromatic nitrogens is 3. The van der Waals surface area contributed by atoms with Crippen LogP contribution in [0, 0.1) is 25.2 Å². The number of nitrogens with one attached hydrogen (secondary N) is 1. The number of aliphatic hydroxyl groups is 1. The van der Waals surface area contributed by atoms with E-state index in [0.29, 0.717) is 41.8 Å². The molecule has 10 nitrogen and oxygen atoms in total. The zero-order chi connectivity index (χ0) is 36.7. The predicted molar refractivity (Wildman–Crippen MR) is 204 cm³/mol. The first-order chi connectivity index (χ1) is 25.8. The number of aromatic amines is 1. The van der Waals surface area contributed by atoms with Gasteiger partial charge in [-0.05, 0) is 72.7 Å². The molecule has 53 heavy (non-hydrogen) atoms. The van der Waals surface area contributed by atoms with Gasteiger partial charge in [-0.3, -0.25) is 15.0 Å². The summed E-state index contributed by atoms with van der Waals surface area (Å²) in [5.41, 5.74) is 10.1. The van der Waals surface area contributed by atoms with Crippen LogP contribution in [0.15, 0.2) is 73.2 Å². The van der Waals surface area contributed by atoms with E-state index < -0.39 is 0 Å². The van der Waals surface area contributed by atoms with Gasteiger partial charge in [-0.2, -0.15) is 10.4 Å². The van der Waals surface area contributed by atoms with Gasteiger partial charge in [-0.15, -0.1) is 0 Å². The zero-order valence-corrected chi connectivity index (χ0v) is 31.0. The predicted octanol–water partition coefficient (Wildman–Crippen LogP) is 7.17. The van der Waals surface area contributed by atoms with Crippen molar-refractivity contribution in [1.82, 2.24) is 25.0 Å². The van der Waals surface area contributed by atoms with Gasteiger partial charge in [0.05, 0.1) is 29.5 Å². The number of pyridine rings is 1. The van der Waals surface area contributed by atoms with Crippen LogP contribution in [0.2, 0.25) is 5.02 Å². The minimum Gasteiger partial charge on any atom is -0.493 e. The number of nitrogens with zero attached hydrogens (tertiary/aromatic N) is 5. The van der Waals surface area contributed by atoms with Gasteiger partial charge >= 0.3 is 0 Å². The van der Waals surface area contributed by atoms with Gasteiger partial charge in [0.2, 0.25) is 0 Å². The van der Waals surface area contributed by atoms with E-state index in [1.54, 1.807) is 12.3 Å². The highest BCUT2D eigenvalue weighted by atomic mass is 35.5. The summed E-state index contributed by atoms with van der Waals surface area (Å²) in [6.07, 6.45) is 7.60. The van der Waals surface area contributed by atoms with Crippen molar-refractivity contribution in [3.8, 4) is 34.4 Å². The first kappa shape index (κ1) is 36.4. The number of benzene rings is 3. The Morgan fingerprint density at radius 1 is 0.906 bits per heavy atom. The van der Waals surface area contributed by atoms with E-state index >= 15 is 0 Å². The second kappa shape index (κ2) is 16.8. The van der Waals surface area contributed by atoms with Crippen LogP contribution in [0.1, 0.15) is 57.5 Å². The lowest BCUT2D eigenvalue weighted by Crippen LogP contribution is -2.29. The van der Waals surface area contributed by atoms with Gasteiger partial charge in [0.1, 0.15) is 36.5 Å². The average Bonchev–Trinajstić information content (AvgIpc) is 3.82. The van der Waals surface area contributed by atoms with Crippen LogP contribution in [0.3, 0.4) is 0 Å². The first-order valence-corrected chi connectivity index (χ1v) is 18.6. The molecule has 2 N–H and O–H groups in total. The lowest BCUT2D eigenvalue weighted by atomic mass is 9.93. The molecular formula is C42H45ClN6O4. The van der Waals surface area contributed by atoms with Gasteiger partial charge < -0.3 is 24.2 Å². The topological polar surface area (TPSA) is 120 Å². The Labute approximate surface area is 315 Å². The van der Waals surface area contributed by atoms with Crippen LogP contribution in [0.5, 0.6) is 17.2 Å². The first-order valence-electron chi connectivity index (χ1n) is 18.2. The maximum atomic E-state index is 9.81. The van der Waals surface area contributed by atoms with Crippen molar-refractivity contribution in [3.05, 3.63) is 123 Å². The highest BCUT2D eigenvalue weighted by Gasteiger charge is 2.22. The summed E-state index contributed by atoms with van der Waals surface area (Å²) in [6.45, 7) is 10.4. The number of rotatable bonds is 14. The number of ether oxygens (including phenoxy) is 3. The van der Waals surface area contributed by atoms with Crippen molar-refractivity contribution in [2.24, 2.45) is 0 Å². The van der Waals surface area contributed by atoms with Crippen molar-refractivity contribution in [2.45, 2.75) is 65.5 Å². The molecule has 0 radical (unpaired) electrons. The number of nitriles is 1. The SMILES string of the molecule is Cc1c(COc2cc(OCc3cncc(C#N)c3)c(CN3CCc4[nH]ncc4C3)cc2Cl)cccc1-c1cccc(OCCCN2CC[C@@H](O)C2)c1C. The largest absolute Gasteiger partial charge is 0.493 e. The maximum Gasteiger partial charge on any atom is 0.142 e. The Hall–Kier alpha value is -4.92. The van der Waals surface area contributed by atoms with E-state index in [-0.39, 0.29) is 12.7 Å². The van der Waals surface area contributed by atoms with Crippen molar-refractivity contribution in [3.63, 3.8) is 0 Å². The molecule has 0 unspecified atom stereocenters. The third kappa shape index (κ3) is 8.83. The van der Waals surface area contributed by atoms with Crippen LogP contribution in [0.25, 0.3) is 11.1 Å². The van der Waals surface area contributed by atoms with Crippen LogP contribution < -0.4 is 14.2 Å². The molecule has 0 bridgehead atoms. The number of H-pyrrole nitrogens is 1. The number of halogens is 1. The average molecular weight is 733 g/mol. The molecule has 1 atom stereocenters. The second-order valence-electron chi connectivity index (χ2n) is 14.0. The summed E-state index contributed by atoms with van der Waals surface area (Å²) in [6, 6.07) is 20.2. The standard InChI is InChI=1S/C42H45ClN6O4/c1-28-32(6-3-7-36(28)37-8-4-9-40(29(37)2)51-15-5-12-48-13-10-35(50)25-48)27-53-42-18-41(52-26-31-16-30(19-44)20-45-21-31)33(17-38(42)43)23-49-14-11-39-34(24-49)22-46-47-39/h3-4,6-9,16-18,20-22,35,50H,5,10-15,23-27H2,1-2H3,(H,46,47)/t35-/m1/s1. The summed E-state index contributed by atoms with van der Waals surface area (Å²) in [7, 11) is 0. The van der Waals surface area contributed by atoms with Gasteiger partial charge in [0.25, 0.3) is 0 Å². The fourth-order valence-electron chi connectivity index (χ4n) is 7.22. The normalized spacial score (nSPS) is 15.9. The smallest absolute Gasteiger partial charge is 0.142 e. The summed E-state index contributed by atoms with van der Waals surface area (Å²) in [5, 5.41) is 27.0. The number of fused-ring (bicyclic) bond motifs is 1. The van der Waals surface area contributed by atoms with E-state index in [2.05, 4.69) is 69.2 Å². The van der Waals surface area contributed by atoms with Gasteiger partial charge in [0.15, 0.2) is 0 Å². The molecule has 1 saturated heterocycles. The summed E-state index contributed by atoms with van der Waals surface area (Å²) < 4.78 is 19.1. The third-order valence-electron chi connectivity index (χ3n) is 10.2. The quantitative estimate of drug-likeness (QED) is 0.115. The van der Waals surface area contributed by atoms with Crippen molar-refractivity contribution in [1.29, 1.82) is 5.26 Å². The number of aliphatic hydroxyl groups excluding tert-OH is 1. The molecule has 0 saturated carbocycles. The van der Waals surface area contributed by atoms with Crippen molar-refractivity contribution in [2.75, 3.05) is 32.8 Å². The van der Waals surface area contributed by atoms with Gasteiger partial charge in [-0.25, -0.2) is 0 Å². The van der Waals surface area contributed by atoms with Gasteiger partial charge in [0, 0.05) is 86.5 Å². The van der Waals surface area contributed by atoms with Crippen LogP contribution in [0.4, 0.5) is 0 Å². The van der Waals surface area contributed by atoms with E-state index in [1.165, 1.54) is 17.5 Å². The fourth-order valence-corrected chi connectivity index (χ4v) is 7.47. The highest BCUT2D eigenvalue weighted by Crippen LogP contribution is 2.37. The van der Waals surface area contributed by atoms with Crippen LogP contribution in [-0.2, 0) is 32.7 Å². The Kier molecular flexibility index (Phi) is 11.6. The Bertz CT molecular complexity index is 2090. The molecule has 2 aromatic heterocycles. The third-order valence-corrected chi connectivity index (χ3v) is 10.5. The summed E-state index contributed by atoms with van der Waals surface area (Å²) in [4.78, 5) is 8.84. The molecule has 5 aromatic rings. The minimum atomic E-state index is -0.200. The van der Waals surface area contributed by atoms with Crippen LogP contribution in [-0.4, -0.2) is 69.0 Å². The van der Waals surface area contributed by atoms with E-state index in [0.717, 1.165) is 96.7 Å². The highest BCUT2D eigenvalue weighted by molar-refractivity contribution is 6.32. The summed E-state index contributed by atoms with van der Waals surface area (Å²) in [5.74, 6) is 2.08. The molecular weight excluding hydrogens is 688 g/mol. The number of hydrogen-bond acceptors (Lipinski definition) is 9. The van der Waals surface area contributed by atoms with Crippen molar-refractivity contribution >= 4 is 11.6 Å². The van der Waals surface area contributed by atoms with E-state index in [9.17, 15) is 10.4 Å². The Morgan fingerprint density at radius 3 is 2.57 bits per heavy atom. The molecule has 7 rings (SSSR count). The molecule has 4 heterocycles. The van der Waals surface area contributed by atoms with Crippen LogP contribution >= 0.6 is 11.6 Å². The number of β-amino-alcohol motifs (C(OH)–C–C–N with tert-alkyl or cyclic N) is 1. The zero-order valence-electron chi connectivity index (χ0n) is 30.3. The molecule has 0 amide bonds. The molecule has 11 heteroatoms. The molecule has 1 fully saturated rings. The molecule has 0 spiro atoms. The molecule has 274 valence electrons. The molecule has 3 aromatic carbocycles. The molecule has 0 aliphatic carbocycles. The lowest BCUT2D eigenvalue weighted by Gasteiger charge is -2.27. The van der Waals surface area contributed by atoms with E-state index in [4.69, 9.17) is 25.8 Å². The van der Waals surface area contributed by atoms with Crippen molar-refractivity contribution < 1.29 is 19.3 Å². The minimum absolute atomic E-state index is 0.200. The molecule has 2 aliphatic rings. The van der Waals surface area contributed by atoms with Gasteiger partial charge in [-0.1, -0.05) is 41.9 Å². The maximum absolute atomic E-state index is 9.81. The monoisotopic (exact) mass is 732 g/mol. The Morgan fingerprint density at radius 2 is 1.74 bits per heavy atom. The second-order valence-corrected chi connectivity index (χ2v) is 14.4. The number of likely N-dealkylation sites (tertiary alicyclic amines) is 1. The van der Waals surface area contributed by atoms with E-state index in [1.807, 2.05) is 30.5 Å². The summed E-state index contributed by atoms with van der Waals surface area (Å²) >= 11 is 6.92. The fraction of sp³-hybridized carbons (Fsp3) is 0.357. The lowest BCUT2D eigenvalue weighted by molar-refractivity contribution is 0.173. The molecule has 2 aliphatic heterocycles.